The first kappa shape index (κ1) is 12.4. The van der Waals surface area contributed by atoms with E-state index in [4.69, 9.17) is 22.1 Å². The maximum atomic E-state index is 12.6. The van der Waals surface area contributed by atoms with Gasteiger partial charge >= 0.3 is 0 Å². The fourth-order valence-electron chi connectivity index (χ4n) is 1.23. The predicted molar refractivity (Wildman–Crippen MR) is 52.8 cm³/mol. The van der Waals surface area contributed by atoms with Crippen LogP contribution in [0.5, 0.6) is 0 Å². The monoisotopic (exact) mass is 241 g/mol. The van der Waals surface area contributed by atoms with Gasteiger partial charge < -0.3 is 0 Å². The number of rotatable bonds is 3. The first-order valence-corrected chi connectivity index (χ1v) is 4.81. The minimum absolute atomic E-state index is 0.00214. The summed E-state index contributed by atoms with van der Waals surface area (Å²) in [4.78, 5) is 3.53. The molecule has 3 nitrogen and oxygen atoms in total. The lowest BCUT2D eigenvalue weighted by Crippen LogP contribution is -2.03. The second kappa shape index (κ2) is 5.39. The molecule has 0 amide bonds. The lowest BCUT2D eigenvalue weighted by atomic mass is 10.1. The molecular formula is C10H6ClF2N3. The Labute approximate surface area is 95.9 Å². The molecule has 1 heterocycles. The Balaban J connectivity index is 3.38. The number of halogens is 3. The van der Waals surface area contributed by atoms with Crippen LogP contribution in [-0.4, -0.2) is 4.98 Å². The fourth-order valence-corrected chi connectivity index (χ4v) is 1.43. The summed E-state index contributed by atoms with van der Waals surface area (Å²) < 4.78 is 25.2. The van der Waals surface area contributed by atoms with Crippen LogP contribution in [0.25, 0.3) is 0 Å². The van der Waals surface area contributed by atoms with Crippen molar-refractivity contribution in [2.75, 3.05) is 0 Å². The highest BCUT2D eigenvalue weighted by molar-refractivity contribution is 6.17. The molecule has 0 aliphatic heterocycles. The highest BCUT2D eigenvalue weighted by atomic mass is 35.5. The molecule has 0 saturated carbocycles. The van der Waals surface area contributed by atoms with Crippen molar-refractivity contribution in [2.45, 2.75) is 18.7 Å². The van der Waals surface area contributed by atoms with Crippen molar-refractivity contribution >= 4 is 11.6 Å². The van der Waals surface area contributed by atoms with E-state index in [1.165, 1.54) is 6.07 Å². The first-order chi connectivity index (χ1) is 7.63. The second-order valence-electron chi connectivity index (χ2n) is 2.92. The van der Waals surface area contributed by atoms with Gasteiger partial charge in [-0.1, -0.05) is 0 Å². The summed E-state index contributed by atoms with van der Waals surface area (Å²) in [6.07, 6.45) is -2.98. The van der Waals surface area contributed by atoms with E-state index in [9.17, 15) is 8.78 Å². The van der Waals surface area contributed by atoms with Crippen molar-refractivity contribution in [3.05, 3.63) is 28.6 Å². The highest BCUT2D eigenvalue weighted by Gasteiger charge is 2.18. The largest absolute Gasteiger partial charge is 0.280 e. The van der Waals surface area contributed by atoms with E-state index in [0.29, 0.717) is 5.56 Å². The summed E-state index contributed by atoms with van der Waals surface area (Å²) in [7, 11) is 0. The van der Waals surface area contributed by atoms with Gasteiger partial charge in [-0.3, -0.25) is 0 Å². The van der Waals surface area contributed by atoms with E-state index < -0.39 is 12.1 Å². The van der Waals surface area contributed by atoms with Crippen molar-refractivity contribution in [1.82, 2.24) is 4.98 Å². The lowest BCUT2D eigenvalue weighted by Gasteiger charge is -2.08. The molecule has 16 heavy (non-hydrogen) atoms. The molecule has 0 aliphatic rings. The Kier molecular flexibility index (Phi) is 4.16. The molecule has 0 bridgehead atoms. The normalized spacial score (nSPS) is 9.88. The van der Waals surface area contributed by atoms with Gasteiger partial charge in [0, 0.05) is 5.56 Å². The van der Waals surface area contributed by atoms with E-state index >= 15 is 0 Å². The summed E-state index contributed by atoms with van der Waals surface area (Å²) in [5.74, 6) is -0.00214. The third kappa shape index (κ3) is 2.44. The third-order valence-corrected chi connectivity index (χ3v) is 2.23. The quantitative estimate of drug-likeness (QED) is 0.765. The molecule has 82 valence electrons. The van der Waals surface area contributed by atoms with Crippen molar-refractivity contribution < 1.29 is 8.78 Å². The topological polar surface area (TPSA) is 60.5 Å². The molecule has 1 rings (SSSR count). The van der Waals surface area contributed by atoms with E-state index in [1.54, 1.807) is 12.1 Å². The van der Waals surface area contributed by atoms with Gasteiger partial charge in [0.2, 0.25) is 0 Å². The number of hydrogen-bond acceptors (Lipinski definition) is 3. The molecule has 0 spiro atoms. The molecule has 0 atom stereocenters. The highest BCUT2D eigenvalue weighted by Crippen LogP contribution is 2.24. The average Bonchev–Trinajstić information content (AvgIpc) is 2.28. The molecule has 1 aromatic heterocycles. The summed E-state index contributed by atoms with van der Waals surface area (Å²) in [5, 5.41) is 17.2. The zero-order valence-electron chi connectivity index (χ0n) is 8.04. The summed E-state index contributed by atoms with van der Waals surface area (Å²) in [6, 6.07) is 4.80. The summed E-state index contributed by atoms with van der Waals surface area (Å²) in [6.45, 7) is 0. The van der Waals surface area contributed by atoms with Crippen LogP contribution < -0.4 is 0 Å². The SMILES string of the molecule is N#CCc1cc(CCl)c(C#N)nc1C(F)F. The maximum Gasteiger partial charge on any atom is 0.280 e. The number of hydrogen-bond donors (Lipinski definition) is 0. The molecule has 0 aromatic carbocycles. The number of nitrogens with zero attached hydrogens (tertiary/aromatic N) is 3. The Morgan fingerprint density at radius 3 is 2.50 bits per heavy atom. The third-order valence-electron chi connectivity index (χ3n) is 1.94. The zero-order chi connectivity index (χ0) is 12.1. The Bertz CT molecular complexity index is 474. The van der Waals surface area contributed by atoms with E-state index in [1.807, 2.05) is 0 Å². The minimum Gasteiger partial charge on any atom is -0.235 e. The smallest absolute Gasteiger partial charge is 0.235 e. The molecule has 0 saturated heterocycles. The maximum absolute atomic E-state index is 12.6. The van der Waals surface area contributed by atoms with Crippen LogP contribution in [-0.2, 0) is 12.3 Å². The van der Waals surface area contributed by atoms with Gasteiger partial charge in [-0.2, -0.15) is 10.5 Å². The molecule has 0 radical (unpaired) electrons. The van der Waals surface area contributed by atoms with Crippen molar-refractivity contribution in [1.29, 1.82) is 10.5 Å². The summed E-state index contributed by atoms with van der Waals surface area (Å²) in [5.41, 5.74) is -0.162. The average molecular weight is 242 g/mol. The van der Waals surface area contributed by atoms with Crippen LogP contribution in [0.3, 0.4) is 0 Å². The van der Waals surface area contributed by atoms with Gasteiger partial charge in [-0.05, 0) is 11.6 Å². The van der Waals surface area contributed by atoms with Crippen molar-refractivity contribution in [2.24, 2.45) is 0 Å². The predicted octanol–water partition coefficient (Wildman–Crippen LogP) is 2.70. The number of alkyl halides is 3. The number of aromatic nitrogens is 1. The summed E-state index contributed by atoms with van der Waals surface area (Å²) >= 11 is 5.55. The van der Waals surface area contributed by atoms with E-state index in [-0.39, 0.29) is 23.6 Å². The van der Waals surface area contributed by atoms with Gasteiger partial charge in [0.25, 0.3) is 6.43 Å². The van der Waals surface area contributed by atoms with Gasteiger partial charge in [0.15, 0.2) is 0 Å². The molecule has 1 aromatic rings. The molecule has 0 aliphatic carbocycles. The van der Waals surface area contributed by atoms with Crippen molar-refractivity contribution in [3.8, 4) is 12.1 Å². The number of nitriles is 2. The van der Waals surface area contributed by atoms with Gasteiger partial charge in [-0.25, -0.2) is 13.8 Å². The van der Waals surface area contributed by atoms with Gasteiger partial charge in [0.05, 0.1) is 18.4 Å². The van der Waals surface area contributed by atoms with Crippen LogP contribution in [0.2, 0.25) is 0 Å². The Hall–Kier alpha value is -1.72. The Morgan fingerprint density at radius 2 is 2.06 bits per heavy atom. The van der Waals surface area contributed by atoms with Crippen LogP contribution in [0.15, 0.2) is 6.07 Å². The van der Waals surface area contributed by atoms with Crippen molar-refractivity contribution in [3.63, 3.8) is 0 Å². The molecule has 6 heteroatoms. The molecule has 0 N–H and O–H groups in total. The zero-order valence-corrected chi connectivity index (χ0v) is 8.80. The fraction of sp³-hybridized carbons (Fsp3) is 0.300. The second-order valence-corrected chi connectivity index (χ2v) is 3.19. The number of pyridine rings is 1. The standard InChI is InChI=1S/C10H6ClF2N3/c11-4-7-3-6(1-2-14)9(10(12)13)16-8(7)5-15/h3,10H,1,4H2. The van der Waals surface area contributed by atoms with Gasteiger partial charge in [-0.15, -0.1) is 11.6 Å². The van der Waals surface area contributed by atoms with Crippen LogP contribution in [0.4, 0.5) is 8.78 Å². The minimum atomic E-state index is -2.81. The Morgan fingerprint density at radius 1 is 1.38 bits per heavy atom. The van der Waals surface area contributed by atoms with E-state index in [0.717, 1.165) is 0 Å². The molecule has 0 unspecified atom stereocenters. The molecule has 0 fully saturated rings. The van der Waals surface area contributed by atoms with Crippen LogP contribution >= 0.6 is 11.6 Å². The van der Waals surface area contributed by atoms with Crippen LogP contribution in [0.1, 0.15) is 28.9 Å². The molecular weight excluding hydrogens is 236 g/mol. The first-order valence-electron chi connectivity index (χ1n) is 4.27. The van der Waals surface area contributed by atoms with Gasteiger partial charge in [0.1, 0.15) is 17.5 Å². The van der Waals surface area contributed by atoms with E-state index in [2.05, 4.69) is 4.98 Å². The van der Waals surface area contributed by atoms with Crippen LogP contribution in [0, 0.1) is 22.7 Å². The lowest BCUT2D eigenvalue weighted by molar-refractivity contribution is 0.145.